The number of aromatic nitrogens is 4. The second-order valence-corrected chi connectivity index (χ2v) is 7.63. The number of benzene rings is 1. The lowest BCUT2D eigenvalue weighted by Gasteiger charge is -2.19. The standard InChI is InChI=1S/C22H29N7O3/c1-14(20-27-11-12-28-20)19(23)15-4-6-16(7-5-15)21(30)29-17(22(31)32)3-2-8-24-13-18-25-9-10-26-18/h4-7,9-12,14,17,19,24H,2-3,8,13,23H2,1H3,(H,25,26)(H,27,28)(H,29,30)(H,31,32)/t14?,17-,19?/m0/s1. The molecule has 0 aliphatic heterocycles. The second-order valence-electron chi connectivity index (χ2n) is 7.63. The summed E-state index contributed by atoms with van der Waals surface area (Å²) in [7, 11) is 0. The van der Waals surface area contributed by atoms with Gasteiger partial charge in [-0.05, 0) is 37.1 Å². The Kier molecular flexibility index (Phi) is 8.12. The van der Waals surface area contributed by atoms with Crippen molar-refractivity contribution in [2.75, 3.05) is 6.54 Å². The van der Waals surface area contributed by atoms with Gasteiger partial charge in [-0.15, -0.1) is 0 Å². The van der Waals surface area contributed by atoms with Gasteiger partial charge in [0.15, 0.2) is 0 Å². The largest absolute Gasteiger partial charge is 0.480 e. The molecule has 7 N–H and O–H groups in total. The van der Waals surface area contributed by atoms with Crippen molar-refractivity contribution in [1.82, 2.24) is 30.6 Å². The molecule has 2 heterocycles. The van der Waals surface area contributed by atoms with Crippen LogP contribution in [-0.2, 0) is 11.3 Å². The van der Waals surface area contributed by atoms with E-state index >= 15 is 0 Å². The van der Waals surface area contributed by atoms with Crippen LogP contribution in [0.15, 0.2) is 49.1 Å². The van der Waals surface area contributed by atoms with Crippen LogP contribution in [0, 0.1) is 0 Å². The number of nitrogens with zero attached hydrogens (tertiary/aromatic N) is 2. The highest BCUT2D eigenvalue weighted by Gasteiger charge is 2.22. The number of H-pyrrole nitrogens is 2. The van der Waals surface area contributed by atoms with Crippen LogP contribution in [0.1, 0.15) is 59.3 Å². The first kappa shape index (κ1) is 23.2. The molecule has 0 saturated heterocycles. The van der Waals surface area contributed by atoms with Crippen molar-refractivity contribution in [2.45, 2.75) is 44.3 Å². The number of hydrogen-bond acceptors (Lipinski definition) is 6. The highest BCUT2D eigenvalue weighted by Crippen LogP contribution is 2.26. The molecule has 3 atom stereocenters. The minimum Gasteiger partial charge on any atom is -0.480 e. The van der Waals surface area contributed by atoms with Crippen LogP contribution in [-0.4, -0.2) is 49.5 Å². The Morgan fingerprint density at radius 3 is 2.47 bits per heavy atom. The number of imidazole rings is 2. The lowest BCUT2D eigenvalue weighted by Crippen LogP contribution is -2.41. The number of carboxylic acid groups (broad SMARTS) is 1. The first-order valence-electron chi connectivity index (χ1n) is 10.5. The minimum absolute atomic E-state index is 0.0255. The lowest BCUT2D eigenvalue weighted by atomic mass is 9.94. The van der Waals surface area contributed by atoms with E-state index < -0.39 is 17.9 Å². The Bertz CT molecular complexity index is 972. The number of aromatic amines is 2. The molecule has 0 fully saturated rings. The Labute approximate surface area is 186 Å². The summed E-state index contributed by atoms with van der Waals surface area (Å²) in [4.78, 5) is 38.5. The topological polar surface area (TPSA) is 162 Å². The number of amides is 1. The first-order valence-corrected chi connectivity index (χ1v) is 10.5. The first-order chi connectivity index (χ1) is 15.5. The fourth-order valence-corrected chi connectivity index (χ4v) is 3.37. The number of nitrogens with one attached hydrogen (secondary N) is 4. The molecule has 32 heavy (non-hydrogen) atoms. The van der Waals surface area contributed by atoms with Crippen molar-refractivity contribution in [2.24, 2.45) is 5.73 Å². The zero-order chi connectivity index (χ0) is 22.9. The number of rotatable bonds is 12. The van der Waals surface area contributed by atoms with E-state index in [1.807, 2.05) is 6.92 Å². The van der Waals surface area contributed by atoms with Gasteiger partial charge in [0.05, 0.1) is 6.54 Å². The van der Waals surface area contributed by atoms with Gasteiger partial charge in [0, 0.05) is 42.3 Å². The number of nitrogens with two attached hydrogens (primary N) is 1. The molecule has 3 rings (SSSR count). The maximum Gasteiger partial charge on any atom is 0.326 e. The van der Waals surface area contributed by atoms with E-state index in [-0.39, 0.29) is 12.0 Å². The number of carboxylic acids is 1. The SMILES string of the molecule is CC(c1ncc[nH]1)C(N)c1ccc(C(=O)N[C@@H](CCCNCc2ncc[nH]2)C(=O)O)cc1. The molecule has 2 unspecified atom stereocenters. The highest BCUT2D eigenvalue weighted by molar-refractivity contribution is 5.96. The fraction of sp³-hybridized carbons (Fsp3) is 0.364. The quantitative estimate of drug-likeness (QED) is 0.234. The predicted octanol–water partition coefficient (Wildman–Crippen LogP) is 1.69. The molecule has 0 spiro atoms. The van der Waals surface area contributed by atoms with Gasteiger partial charge >= 0.3 is 5.97 Å². The maximum absolute atomic E-state index is 12.6. The highest BCUT2D eigenvalue weighted by atomic mass is 16.4. The van der Waals surface area contributed by atoms with Crippen molar-refractivity contribution in [3.63, 3.8) is 0 Å². The summed E-state index contributed by atoms with van der Waals surface area (Å²) < 4.78 is 0. The van der Waals surface area contributed by atoms with Crippen molar-refractivity contribution < 1.29 is 14.7 Å². The van der Waals surface area contributed by atoms with E-state index in [9.17, 15) is 14.7 Å². The lowest BCUT2D eigenvalue weighted by molar-refractivity contribution is -0.139. The third kappa shape index (κ3) is 6.25. The average molecular weight is 440 g/mol. The number of aliphatic carboxylic acids is 1. The summed E-state index contributed by atoms with van der Waals surface area (Å²) in [5.74, 6) is 0.0926. The van der Waals surface area contributed by atoms with Crippen LogP contribution in [0.3, 0.4) is 0 Å². The Morgan fingerprint density at radius 2 is 1.84 bits per heavy atom. The van der Waals surface area contributed by atoms with Gasteiger partial charge in [-0.3, -0.25) is 4.79 Å². The van der Waals surface area contributed by atoms with E-state index in [1.54, 1.807) is 49.1 Å². The summed E-state index contributed by atoms with van der Waals surface area (Å²) in [5, 5.41) is 15.3. The number of carbonyl (C=O) groups is 2. The molecular weight excluding hydrogens is 410 g/mol. The monoisotopic (exact) mass is 439 g/mol. The zero-order valence-electron chi connectivity index (χ0n) is 17.9. The van der Waals surface area contributed by atoms with Gasteiger partial charge in [0.25, 0.3) is 5.91 Å². The van der Waals surface area contributed by atoms with Crippen molar-refractivity contribution in [3.8, 4) is 0 Å². The summed E-state index contributed by atoms with van der Waals surface area (Å²) in [6.45, 7) is 3.16. The van der Waals surface area contributed by atoms with Gasteiger partial charge in [0.1, 0.15) is 17.7 Å². The summed E-state index contributed by atoms with van der Waals surface area (Å²) in [5.41, 5.74) is 7.58. The van der Waals surface area contributed by atoms with E-state index in [1.165, 1.54) is 0 Å². The van der Waals surface area contributed by atoms with Crippen molar-refractivity contribution in [1.29, 1.82) is 0 Å². The van der Waals surface area contributed by atoms with Gasteiger partial charge < -0.3 is 31.4 Å². The van der Waals surface area contributed by atoms with Crippen molar-refractivity contribution >= 4 is 11.9 Å². The van der Waals surface area contributed by atoms with Crippen LogP contribution in [0.25, 0.3) is 0 Å². The molecule has 0 radical (unpaired) electrons. The molecule has 1 amide bonds. The van der Waals surface area contributed by atoms with Gasteiger partial charge in [0.2, 0.25) is 0 Å². The normalized spacial score (nSPS) is 13.9. The Balaban J connectivity index is 1.49. The van der Waals surface area contributed by atoms with E-state index in [4.69, 9.17) is 5.73 Å². The average Bonchev–Trinajstić information content (AvgIpc) is 3.51. The zero-order valence-corrected chi connectivity index (χ0v) is 17.9. The molecule has 0 saturated carbocycles. The predicted molar refractivity (Wildman–Crippen MR) is 119 cm³/mol. The summed E-state index contributed by atoms with van der Waals surface area (Å²) >= 11 is 0. The third-order valence-electron chi connectivity index (χ3n) is 5.34. The maximum atomic E-state index is 12.6. The molecule has 0 aliphatic carbocycles. The number of hydrogen-bond donors (Lipinski definition) is 6. The van der Waals surface area contributed by atoms with Crippen LogP contribution >= 0.6 is 0 Å². The second kappa shape index (κ2) is 11.2. The Hall–Kier alpha value is -3.50. The molecule has 10 nitrogen and oxygen atoms in total. The van der Waals surface area contributed by atoms with Crippen LogP contribution in [0.4, 0.5) is 0 Å². The van der Waals surface area contributed by atoms with Gasteiger partial charge in [-0.1, -0.05) is 19.1 Å². The van der Waals surface area contributed by atoms with E-state index in [0.29, 0.717) is 31.5 Å². The van der Waals surface area contributed by atoms with E-state index in [0.717, 1.165) is 17.2 Å². The fourth-order valence-electron chi connectivity index (χ4n) is 3.37. The molecule has 10 heteroatoms. The molecule has 2 aromatic heterocycles. The molecule has 0 aliphatic rings. The van der Waals surface area contributed by atoms with Crippen LogP contribution < -0.4 is 16.4 Å². The molecule has 3 aromatic rings. The minimum atomic E-state index is -1.06. The molecular formula is C22H29N7O3. The smallest absolute Gasteiger partial charge is 0.326 e. The molecule has 170 valence electrons. The Morgan fingerprint density at radius 1 is 1.12 bits per heavy atom. The third-order valence-corrected chi connectivity index (χ3v) is 5.34. The molecule has 1 aromatic carbocycles. The van der Waals surface area contributed by atoms with E-state index in [2.05, 4.69) is 30.6 Å². The summed E-state index contributed by atoms with van der Waals surface area (Å²) in [6.07, 6.45) is 7.76. The van der Waals surface area contributed by atoms with Crippen LogP contribution in [0.5, 0.6) is 0 Å². The van der Waals surface area contributed by atoms with Gasteiger partial charge in [-0.2, -0.15) is 0 Å². The summed E-state index contributed by atoms with van der Waals surface area (Å²) in [6, 6.07) is 5.63. The molecule has 0 bridgehead atoms. The van der Waals surface area contributed by atoms with Gasteiger partial charge in [-0.25, -0.2) is 14.8 Å². The van der Waals surface area contributed by atoms with Crippen molar-refractivity contribution in [3.05, 3.63) is 71.8 Å². The van der Waals surface area contributed by atoms with Crippen LogP contribution in [0.2, 0.25) is 0 Å². The number of carbonyl (C=O) groups excluding carboxylic acids is 1.